The highest BCUT2D eigenvalue weighted by atomic mass is 16.5. The minimum atomic E-state index is 0.914. The Balaban J connectivity index is 1.58. The molecule has 4 aromatic rings. The first kappa shape index (κ1) is 19.0. The van der Waals surface area contributed by atoms with Crippen molar-refractivity contribution in [1.29, 1.82) is 0 Å². The molecule has 0 aromatic heterocycles. The van der Waals surface area contributed by atoms with Crippen LogP contribution in [0.1, 0.15) is 33.4 Å². The molecular formula is C28H26O. The second-order valence-corrected chi connectivity index (χ2v) is 7.51. The van der Waals surface area contributed by atoms with E-state index in [4.69, 9.17) is 4.74 Å². The molecule has 0 saturated heterocycles. The number of hydrogen-bond acceptors (Lipinski definition) is 1. The Morgan fingerprint density at radius 3 is 1.31 bits per heavy atom. The summed E-state index contributed by atoms with van der Waals surface area (Å²) in [7, 11) is 0. The lowest BCUT2D eigenvalue weighted by Gasteiger charge is -2.16. The summed E-state index contributed by atoms with van der Waals surface area (Å²) in [6.07, 6.45) is 1.83. The van der Waals surface area contributed by atoms with Crippen LogP contribution in [0.3, 0.4) is 0 Å². The Bertz CT molecular complexity index is 993. The molecule has 1 nitrogen and oxygen atoms in total. The summed E-state index contributed by atoms with van der Waals surface area (Å²) < 4.78 is 6.40. The fourth-order valence-electron chi connectivity index (χ4n) is 3.67. The Kier molecular flexibility index (Phi) is 5.76. The third kappa shape index (κ3) is 4.57. The van der Waals surface area contributed by atoms with Gasteiger partial charge >= 0.3 is 0 Å². The second kappa shape index (κ2) is 8.79. The molecule has 4 rings (SSSR count). The van der Waals surface area contributed by atoms with Gasteiger partial charge in [0, 0.05) is 0 Å². The molecule has 0 bridgehead atoms. The van der Waals surface area contributed by atoms with Crippen molar-refractivity contribution in [2.24, 2.45) is 0 Å². The van der Waals surface area contributed by atoms with Gasteiger partial charge in [-0.25, -0.2) is 0 Å². The van der Waals surface area contributed by atoms with Crippen molar-refractivity contribution in [1.82, 2.24) is 0 Å². The van der Waals surface area contributed by atoms with E-state index in [0.29, 0.717) is 0 Å². The van der Waals surface area contributed by atoms with Crippen molar-refractivity contribution in [3.05, 3.63) is 130 Å². The minimum absolute atomic E-state index is 0.914. The highest BCUT2D eigenvalue weighted by molar-refractivity contribution is 5.47. The maximum absolute atomic E-state index is 6.40. The molecular weight excluding hydrogens is 352 g/mol. The van der Waals surface area contributed by atoms with Crippen LogP contribution in [-0.4, -0.2) is 0 Å². The monoisotopic (exact) mass is 378 g/mol. The van der Waals surface area contributed by atoms with Gasteiger partial charge in [-0.1, -0.05) is 84.9 Å². The number of ether oxygens (including phenoxy) is 1. The summed E-state index contributed by atoms with van der Waals surface area (Å²) in [5, 5.41) is 0. The highest BCUT2D eigenvalue weighted by Crippen LogP contribution is 2.32. The van der Waals surface area contributed by atoms with Gasteiger partial charge in [-0.05, 0) is 72.2 Å². The molecule has 0 spiro atoms. The largest absolute Gasteiger partial charge is 0.457 e. The summed E-state index contributed by atoms with van der Waals surface area (Å²) in [4.78, 5) is 0. The summed E-state index contributed by atoms with van der Waals surface area (Å²) in [6, 6.07) is 33.8. The average Bonchev–Trinajstić information content (AvgIpc) is 2.75. The topological polar surface area (TPSA) is 9.23 Å². The summed E-state index contributed by atoms with van der Waals surface area (Å²) in [5.41, 5.74) is 7.62. The predicted molar refractivity (Wildman–Crippen MR) is 121 cm³/mol. The van der Waals surface area contributed by atoms with Crippen LogP contribution in [0.2, 0.25) is 0 Å². The number of rotatable bonds is 6. The van der Waals surface area contributed by atoms with Crippen molar-refractivity contribution in [3.63, 3.8) is 0 Å². The molecule has 0 aliphatic rings. The molecule has 0 aliphatic heterocycles. The Hall–Kier alpha value is -3.32. The Morgan fingerprint density at radius 1 is 0.483 bits per heavy atom. The van der Waals surface area contributed by atoms with Gasteiger partial charge in [0.15, 0.2) is 0 Å². The molecule has 0 unspecified atom stereocenters. The lowest BCUT2D eigenvalue weighted by atomic mass is 9.99. The maximum Gasteiger partial charge on any atom is 0.130 e. The van der Waals surface area contributed by atoms with Crippen molar-refractivity contribution in [2.45, 2.75) is 26.7 Å². The third-order valence-corrected chi connectivity index (χ3v) is 5.49. The lowest BCUT2D eigenvalue weighted by Crippen LogP contribution is -1.98. The number of benzene rings is 4. The van der Waals surface area contributed by atoms with E-state index < -0.39 is 0 Å². The van der Waals surface area contributed by atoms with Crippen molar-refractivity contribution in [2.75, 3.05) is 0 Å². The quantitative estimate of drug-likeness (QED) is 0.342. The lowest BCUT2D eigenvalue weighted by molar-refractivity contribution is 0.473. The van der Waals surface area contributed by atoms with E-state index in [1.807, 2.05) is 0 Å². The second-order valence-electron chi connectivity index (χ2n) is 7.51. The molecule has 144 valence electrons. The van der Waals surface area contributed by atoms with Crippen LogP contribution < -0.4 is 4.74 Å². The zero-order valence-corrected chi connectivity index (χ0v) is 17.1. The Morgan fingerprint density at radius 2 is 0.897 bits per heavy atom. The van der Waals surface area contributed by atoms with Gasteiger partial charge in [-0.3, -0.25) is 0 Å². The van der Waals surface area contributed by atoms with E-state index in [2.05, 4.69) is 111 Å². The summed E-state index contributed by atoms with van der Waals surface area (Å²) in [5.74, 6) is 1.86. The first-order chi connectivity index (χ1) is 14.2. The van der Waals surface area contributed by atoms with Gasteiger partial charge in [-0.2, -0.15) is 0 Å². The standard InChI is InChI=1S/C28H26O/c1-21-25(19-23-11-5-3-6-12-23)15-9-17-27(21)29-28-18-10-16-26(22(28)2)20-24-13-7-4-8-14-24/h3-18H,19-20H2,1-2H3. The third-order valence-electron chi connectivity index (χ3n) is 5.49. The minimum Gasteiger partial charge on any atom is -0.457 e. The zero-order chi connectivity index (χ0) is 20.1. The van der Waals surface area contributed by atoms with Crippen LogP contribution in [0.4, 0.5) is 0 Å². The molecule has 1 heteroatoms. The van der Waals surface area contributed by atoms with Crippen molar-refractivity contribution in [3.8, 4) is 11.5 Å². The molecule has 0 fully saturated rings. The van der Waals surface area contributed by atoms with E-state index in [-0.39, 0.29) is 0 Å². The highest BCUT2D eigenvalue weighted by Gasteiger charge is 2.11. The molecule has 0 atom stereocenters. The summed E-state index contributed by atoms with van der Waals surface area (Å²) >= 11 is 0. The fourth-order valence-corrected chi connectivity index (χ4v) is 3.67. The van der Waals surface area contributed by atoms with Gasteiger partial charge in [-0.15, -0.1) is 0 Å². The SMILES string of the molecule is Cc1c(Cc2ccccc2)cccc1Oc1cccc(Cc2ccccc2)c1C. The molecule has 0 aliphatic carbocycles. The number of hydrogen-bond donors (Lipinski definition) is 0. The van der Waals surface area contributed by atoms with Crippen LogP contribution in [0.5, 0.6) is 11.5 Å². The van der Waals surface area contributed by atoms with Crippen LogP contribution in [0.25, 0.3) is 0 Å². The predicted octanol–water partition coefficient (Wildman–Crippen LogP) is 7.28. The normalized spacial score (nSPS) is 10.7. The molecule has 0 amide bonds. The molecule has 0 heterocycles. The van der Waals surface area contributed by atoms with E-state index in [1.54, 1.807) is 0 Å². The molecule has 0 saturated carbocycles. The fraction of sp³-hybridized carbons (Fsp3) is 0.143. The van der Waals surface area contributed by atoms with Crippen LogP contribution >= 0.6 is 0 Å². The smallest absolute Gasteiger partial charge is 0.130 e. The average molecular weight is 379 g/mol. The molecule has 0 radical (unpaired) electrons. The van der Waals surface area contributed by atoms with Crippen LogP contribution in [0.15, 0.2) is 97.1 Å². The van der Waals surface area contributed by atoms with Crippen LogP contribution in [-0.2, 0) is 12.8 Å². The van der Waals surface area contributed by atoms with E-state index in [9.17, 15) is 0 Å². The van der Waals surface area contributed by atoms with E-state index in [1.165, 1.54) is 33.4 Å². The van der Waals surface area contributed by atoms with Gasteiger partial charge < -0.3 is 4.74 Å². The van der Waals surface area contributed by atoms with E-state index in [0.717, 1.165) is 24.3 Å². The maximum atomic E-state index is 6.40. The summed E-state index contributed by atoms with van der Waals surface area (Å²) in [6.45, 7) is 4.30. The van der Waals surface area contributed by atoms with E-state index >= 15 is 0 Å². The zero-order valence-electron chi connectivity index (χ0n) is 17.1. The van der Waals surface area contributed by atoms with Crippen LogP contribution in [0, 0.1) is 13.8 Å². The van der Waals surface area contributed by atoms with Crippen molar-refractivity contribution >= 4 is 0 Å². The molecule has 29 heavy (non-hydrogen) atoms. The van der Waals surface area contributed by atoms with Gasteiger partial charge in [0.2, 0.25) is 0 Å². The first-order valence-electron chi connectivity index (χ1n) is 10.1. The van der Waals surface area contributed by atoms with Gasteiger partial charge in [0.25, 0.3) is 0 Å². The Labute approximate surface area is 173 Å². The molecule has 4 aromatic carbocycles. The van der Waals surface area contributed by atoms with Crippen molar-refractivity contribution < 1.29 is 4.74 Å². The van der Waals surface area contributed by atoms with Gasteiger partial charge in [0.05, 0.1) is 0 Å². The molecule has 0 N–H and O–H groups in total. The van der Waals surface area contributed by atoms with Gasteiger partial charge in [0.1, 0.15) is 11.5 Å². The first-order valence-corrected chi connectivity index (χ1v) is 10.1.